The smallest absolute Gasteiger partial charge is 0.258 e. The predicted octanol–water partition coefficient (Wildman–Crippen LogP) is 1.57. The van der Waals surface area contributed by atoms with Crippen LogP contribution in [-0.2, 0) is 9.59 Å². The van der Waals surface area contributed by atoms with Gasteiger partial charge in [0.05, 0.1) is 11.1 Å². The van der Waals surface area contributed by atoms with Gasteiger partial charge in [-0.05, 0) is 30.7 Å². The monoisotopic (exact) mass is 423 g/mol. The van der Waals surface area contributed by atoms with E-state index in [-0.39, 0.29) is 42.8 Å². The van der Waals surface area contributed by atoms with Crippen LogP contribution in [-0.4, -0.2) is 42.7 Å². The molecule has 29 heavy (non-hydrogen) atoms. The number of hydrogen-bond donors (Lipinski definition) is 4. The van der Waals surface area contributed by atoms with Crippen molar-refractivity contribution in [3.05, 3.63) is 64.6 Å². The lowest BCUT2D eigenvalue weighted by Crippen LogP contribution is -2.37. The molecule has 1 aromatic rings. The van der Waals surface area contributed by atoms with Crippen molar-refractivity contribution in [2.75, 3.05) is 19.7 Å². The fourth-order valence-corrected chi connectivity index (χ4v) is 2.50. The molecule has 1 aliphatic carbocycles. The quantitative estimate of drug-likeness (QED) is 0.481. The summed E-state index contributed by atoms with van der Waals surface area (Å²) in [5.41, 5.74) is 6.79. The Morgan fingerprint density at radius 3 is 2.90 bits per heavy atom. The van der Waals surface area contributed by atoms with E-state index in [1.165, 1.54) is 12.1 Å². The minimum Gasteiger partial charge on any atom is -0.484 e. The van der Waals surface area contributed by atoms with Gasteiger partial charge in [-0.25, -0.2) is 4.39 Å². The summed E-state index contributed by atoms with van der Waals surface area (Å²) >= 11 is 5.57. The molecule has 2 amide bonds. The van der Waals surface area contributed by atoms with E-state index < -0.39 is 17.8 Å². The number of nitrogens with two attached hydrogens (primary N) is 1. The van der Waals surface area contributed by atoms with Gasteiger partial charge in [-0.3, -0.25) is 9.59 Å². The first-order valence-electron chi connectivity index (χ1n) is 8.99. The van der Waals surface area contributed by atoms with Crippen LogP contribution in [0.15, 0.2) is 53.8 Å². The van der Waals surface area contributed by atoms with Crippen LogP contribution in [0.2, 0.25) is 5.02 Å². The van der Waals surface area contributed by atoms with E-state index in [0.717, 1.165) is 6.07 Å². The van der Waals surface area contributed by atoms with Crippen molar-refractivity contribution in [2.24, 2.45) is 5.73 Å². The molecule has 0 radical (unpaired) electrons. The Hall–Kier alpha value is -2.84. The first-order chi connectivity index (χ1) is 13.8. The minimum absolute atomic E-state index is 0.00860. The fourth-order valence-electron chi connectivity index (χ4n) is 2.38. The molecule has 7 nitrogen and oxygen atoms in total. The van der Waals surface area contributed by atoms with E-state index in [4.69, 9.17) is 22.1 Å². The number of rotatable bonds is 9. The van der Waals surface area contributed by atoms with Crippen LogP contribution >= 0.6 is 11.6 Å². The highest BCUT2D eigenvalue weighted by Gasteiger charge is 2.11. The van der Waals surface area contributed by atoms with E-state index in [9.17, 15) is 19.1 Å². The Balaban J connectivity index is 1.64. The number of benzene rings is 1. The summed E-state index contributed by atoms with van der Waals surface area (Å²) in [7, 11) is 0. The van der Waals surface area contributed by atoms with Gasteiger partial charge < -0.3 is 26.2 Å². The number of hydrogen-bond acceptors (Lipinski definition) is 5. The van der Waals surface area contributed by atoms with Crippen molar-refractivity contribution in [2.45, 2.75) is 18.9 Å². The Labute approximate surface area is 173 Å². The van der Waals surface area contributed by atoms with E-state index in [1.807, 2.05) is 6.08 Å². The van der Waals surface area contributed by atoms with Crippen LogP contribution in [0, 0.1) is 5.82 Å². The standard InChI is InChI=1S/C20H23ClFN3O4/c21-17-6-5-16(10-18(17)22)29-12-19(27)25-11-15(26)7-8-24-20(28)13-3-1-2-4-14(23)9-13/h1-3,5-6,9-10,15,26H,4,7-8,11-12,23H2,(H,24,28)(H,25,27). The number of carbonyl (C=O) groups excluding carboxylic acids is 2. The third-order valence-electron chi connectivity index (χ3n) is 3.93. The summed E-state index contributed by atoms with van der Waals surface area (Å²) in [6, 6.07) is 3.85. The highest BCUT2D eigenvalue weighted by Crippen LogP contribution is 2.20. The minimum atomic E-state index is -0.851. The normalized spacial score (nSPS) is 14.3. The zero-order valence-corrected chi connectivity index (χ0v) is 16.4. The van der Waals surface area contributed by atoms with E-state index in [0.29, 0.717) is 17.7 Å². The van der Waals surface area contributed by atoms with Gasteiger partial charge in [0.1, 0.15) is 11.6 Å². The van der Waals surface area contributed by atoms with Gasteiger partial charge in [-0.1, -0.05) is 23.8 Å². The number of allylic oxidation sites excluding steroid dienone is 3. The highest BCUT2D eigenvalue weighted by molar-refractivity contribution is 6.30. The molecule has 5 N–H and O–H groups in total. The molecular formula is C20H23ClFN3O4. The van der Waals surface area contributed by atoms with Crippen molar-refractivity contribution in [1.29, 1.82) is 0 Å². The first-order valence-corrected chi connectivity index (χ1v) is 9.36. The largest absolute Gasteiger partial charge is 0.484 e. The van der Waals surface area contributed by atoms with Crippen LogP contribution in [0.25, 0.3) is 0 Å². The van der Waals surface area contributed by atoms with Gasteiger partial charge in [0, 0.05) is 36.8 Å². The molecule has 1 aliphatic rings. The number of amides is 2. The van der Waals surface area contributed by atoms with Gasteiger partial charge in [-0.15, -0.1) is 0 Å². The molecule has 0 bridgehead atoms. The van der Waals surface area contributed by atoms with Crippen molar-refractivity contribution in [1.82, 2.24) is 10.6 Å². The number of aliphatic hydroxyl groups is 1. The van der Waals surface area contributed by atoms with E-state index in [2.05, 4.69) is 10.6 Å². The molecule has 0 heterocycles. The molecule has 0 fully saturated rings. The van der Waals surface area contributed by atoms with Gasteiger partial charge in [-0.2, -0.15) is 0 Å². The van der Waals surface area contributed by atoms with Crippen molar-refractivity contribution in [3.8, 4) is 5.75 Å². The second-order valence-corrected chi connectivity index (χ2v) is 6.75. The predicted molar refractivity (Wildman–Crippen MR) is 108 cm³/mol. The van der Waals surface area contributed by atoms with Gasteiger partial charge in [0.2, 0.25) is 0 Å². The Kier molecular flexibility index (Phi) is 8.69. The summed E-state index contributed by atoms with van der Waals surface area (Å²) in [5.74, 6) is -1.24. The van der Waals surface area contributed by atoms with Crippen molar-refractivity contribution < 1.29 is 23.8 Å². The summed E-state index contributed by atoms with van der Waals surface area (Å²) < 4.78 is 18.5. The molecule has 1 aromatic carbocycles. The van der Waals surface area contributed by atoms with Crippen LogP contribution in [0.3, 0.4) is 0 Å². The van der Waals surface area contributed by atoms with Crippen molar-refractivity contribution >= 4 is 23.4 Å². The van der Waals surface area contributed by atoms with Crippen molar-refractivity contribution in [3.63, 3.8) is 0 Å². The van der Waals surface area contributed by atoms with Crippen LogP contribution in [0.1, 0.15) is 12.8 Å². The summed E-state index contributed by atoms with van der Waals surface area (Å²) in [6.45, 7) is -0.115. The molecular weight excluding hydrogens is 401 g/mol. The number of nitrogens with one attached hydrogen (secondary N) is 2. The zero-order chi connectivity index (χ0) is 21.2. The highest BCUT2D eigenvalue weighted by atomic mass is 35.5. The third-order valence-corrected chi connectivity index (χ3v) is 4.23. The second kappa shape index (κ2) is 11.2. The summed E-state index contributed by atoms with van der Waals surface area (Å²) in [4.78, 5) is 23.8. The number of halogens is 2. The third kappa shape index (κ3) is 7.97. The summed E-state index contributed by atoms with van der Waals surface area (Å²) in [6.07, 6.45) is 6.87. The zero-order valence-electron chi connectivity index (χ0n) is 15.7. The molecule has 0 saturated carbocycles. The van der Waals surface area contributed by atoms with Gasteiger partial charge in [0.15, 0.2) is 6.61 Å². The molecule has 9 heteroatoms. The molecule has 1 atom stereocenters. The molecule has 0 saturated heterocycles. The Bertz CT molecular complexity index is 839. The molecule has 0 aromatic heterocycles. The maximum absolute atomic E-state index is 13.3. The van der Waals surface area contributed by atoms with E-state index >= 15 is 0 Å². The van der Waals surface area contributed by atoms with Gasteiger partial charge in [0.25, 0.3) is 11.8 Å². The number of carbonyl (C=O) groups is 2. The number of aliphatic hydroxyl groups excluding tert-OH is 1. The first kappa shape index (κ1) is 22.4. The molecule has 0 aliphatic heterocycles. The van der Waals surface area contributed by atoms with Gasteiger partial charge >= 0.3 is 0 Å². The number of ether oxygens (including phenoxy) is 1. The fraction of sp³-hybridized carbons (Fsp3) is 0.300. The van der Waals surface area contributed by atoms with Crippen LogP contribution < -0.4 is 21.1 Å². The maximum Gasteiger partial charge on any atom is 0.258 e. The Morgan fingerprint density at radius 2 is 2.14 bits per heavy atom. The lowest BCUT2D eigenvalue weighted by Gasteiger charge is -2.13. The lowest BCUT2D eigenvalue weighted by molar-refractivity contribution is -0.123. The lowest BCUT2D eigenvalue weighted by atomic mass is 10.2. The molecule has 0 spiro atoms. The topological polar surface area (TPSA) is 114 Å². The van der Waals surface area contributed by atoms with E-state index in [1.54, 1.807) is 18.2 Å². The molecule has 1 unspecified atom stereocenters. The Morgan fingerprint density at radius 1 is 1.34 bits per heavy atom. The average molecular weight is 424 g/mol. The maximum atomic E-state index is 13.3. The molecule has 156 valence electrons. The van der Waals surface area contributed by atoms with Crippen LogP contribution in [0.4, 0.5) is 4.39 Å². The molecule has 2 rings (SSSR count). The van der Waals surface area contributed by atoms with Crippen LogP contribution in [0.5, 0.6) is 5.75 Å². The summed E-state index contributed by atoms with van der Waals surface area (Å²) in [5, 5.41) is 15.1. The average Bonchev–Trinajstić information content (AvgIpc) is 2.91. The SMILES string of the molecule is NC1=CC(C(=O)NCCC(O)CNC(=O)COc2ccc(Cl)c(F)c2)=CC=CC1. The second-order valence-electron chi connectivity index (χ2n) is 6.34.